The lowest BCUT2D eigenvalue weighted by Crippen LogP contribution is -2.28. The van der Waals surface area contributed by atoms with Crippen LogP contribution in [0.4, 0.5) is 5.69 Å². The lowest BCUT2D eigenvalue weighted by atomic mass is 9.85. The highest BCUT2D eigenvalue weighted by molar-refractivity contribution is 6.30. The number of hydrazone groups is 1. The van der Waals surface area contributed by atoms with Gasteiger partial charge in [0, 0.05) is 28.8 Å². The SMILES string of the molecule is O=C(/C=C/c1ccc(Cl)cc1)Oc1ccc([N+](=O)[O-])cc1C=NN1C(=O)[C@@H]2[C@H](C1=O)[C@H]1C=C[C@H]2C1. The second-order valence-corrected chi connectivity index (χ2v) is 8.95. The molecule has 2 aliphatic carbocycles. The number of hydrogen-bond acceptors (Lipinski definition) is 7. The number of carbonyl (C=O) groups is 3. The number of imide groups is 1. The summed E-state index contributed by atoms with van der Waals surface area (Å²) in [4.78, 5) is 48.7. The molecule has 176 valence electrons. The first-order valence-electron chi connectivity index (χ1n) is 10.9. The molecular weight excluding hydrogens is 474 g/mol. The molecule has 2 fully saturated rings. The average molecular weight is 492 g/mol. The molecule has 1 heterocycles. The topological polar surface area (TPSA) is 119 Å². The average Bonchev–Trinajstić information content (AvgIpc) is 3.52. The van der Waals surface area contributed by atoms with Crippen molar-refractivity contribution >= 4 is 47.4 Å². The summed E-state index contributed by atoms with van der Waals surface area (Å²) in [5, 5.41) is 16.7. The normalized spacial score (nSPS) is 24.7. The summed E-state index contributed by atoms with van der Waals surface area (Å²) < 4.78 is 5.35. The predicted octanol–water partition coefficient (Wildman–Crippen LogP) is 4.01. The van der Waals surface area contributed by atoms with Crippen LogP contribution in [0.5, 0.6) is 5.75 Å². The lowest BCUT2D eigenvalue weighted by Gasteiger charge is -2.13. The Morgan fingerprint density at radius 1 is 1.09 bits per heavy atom. The molecule has 2 aromatic rings. The Hall–Kier alpha value is -4.11. The maximum absolute atomic E-state index is 12.8. The van der Waals surface area contributed by atoms with E-state index in [4.69, 9.17) is 16.3 Å². The number of nitro groups is 1. The summed E-state index contributed by atoms with van der Waals surface area (Å²) in [6, 6.07) is 10.4. The first-order valence-corrected chi connectivity index (χ1v) is 11.2. The van der Waals surface area contributed by atoms with Gasteiger partial charge >= 0.3 is 5.97 Å². The molecule has 2 aromatic carbocycles. The Morgan fingerprint density at radius 2 is 1.74 bits per heavy atom. The van der Waals surface area contributed by atoms with Gasteiger partial charge in [-0.2, -0.15) is 10.1 Å². The molecule has 2 amide bonds. The van der Waals surface area contributed by atoms with Crippen molar-refractivity contribution in [3.63, 3.8) is 0 Å². The first-order chi connectivity index (χ1) is 16.8. The summed E-state index contributed by atoms with van der Waals surface area (Å²) in [6.45, 7) is 0. The number of ether oxygens (including phenoxy) is 1. The lowest BCUT2D eigenvalue weighted by molar-refractivity contribution is -0.384. The third kappa shape index (κ3) is 4.26. The number of carbonyl (C=O) groups excluding carboxylic acids is 3. The molecule has 1 saturated carbocycles. The van der Waals surface area contributed by atoms with Crippen LogP contribution in [0.25, 0.3) is 6.08 Å². The molecule has 3 aliphatic rings. The fourth-order valence-corrected chi connectivity index (χ4v) is 4.97. The van der Waals surface area contributed by atoms with Crippen LogP contribution < -0.4 is 4.74 Å². The summed E-state index contributed by atoms with van der Waals surface area (Å²) in [5.41, 5.74) is 0.532. The molecule has 0 N–H and O–H groups in total. The molecule has 35 heavy (non-hydrogen) atoms. The molecule has 1 aliphatic heterocycles. The van der Waals surface area contributed by atoms with Crippen LogP contribution in [0.2, 0.25) is 5.02 Å². The van der Waals surface area contributed by atoms with Gasteiger partial charge in [0.25, 0.3) is 17.5 Å². The number of allylic oxidation sites excluding steroid dienone is 2. The van der Waals surface area contributed by atoms with E-state index in [1.807, 2.05) is 12.2 Å². The van der Waals surface area contributed by atoms with Gasteiger partial charge < -0.3 is 4.74 Å². The minimum Gasteiger partial charge on any atom is -0.423 e. The Labute approximate surface area is 204 Å². The molecule has 4 atom stereocenters. The molecule has 10 heteroatoms. The standard InChI is InChI=1S/C25H18ClN3O6/c26-18-6-1-14(2-7-18)3-10-21(30)35-20-9-8-19(29(33)34)12-17(20)13-27-28-24(31)22-15-4-5-16(11-15)23(22)25(28)32/h1-10,12-13,15-16,22-23H,11H2/b10-3+,27-13?/t15-,16-,22-,23+/m0/s1. The van der Waals surface area contributed by atoms with E-state index < -0.39 is 22.7 Å². The summed E-state index contributed by atoms with van der Waals surface area (Å²) in [6.07, 6.45) is 8.59. The van der Waals surface area contributed by atoms with Crippen molar-refractivity contribution in [1.29, 1.82) is 0 Å². The molecule has 0 aromatic heterocycles. The highest BCUT2D eigenvalue weighted by Crippen LogP contribution is 2.52. The van der Waals surface area contributed by atoms with Gasteiger partial charge in [-0.25, -0.2) is 4.79 Å². The Morgan fingerprint density at radius 3 is 2.37 bits per heavy atom. The molecule has 0 spiro atoms. The Kier molecular flexibility index (Phi) is 5.78. The van der Waals surface area contributed by atoms with Crippen molar-refractivity contribution in [3.8, 4) is 5.75 Å². The van der Waals surface area contributed by atoms with Crippen LogP contribution >= 0.6 is 11.6 Å². The molecule has 0 radical (unpaired) electrons. The zero-order valence-corrected chi connectivity index (χ0v) is 18.9. The van der Waals surface area contributed by atoms with Crippen molar-refractivity contribution in [2.24, 2.45) is 28.8 Å². The van der Waals surface area contributed by atoms with E-state index in [9.17, 15) is 24.5 Å². The Balaban J connectivity index is 1.37. The first kappa shape index (κ1) is 22.7. The fraction of sp³-hybridized carbons (Fsp3) is 0.200. The van der Waals surface area contributed by atoms with Crippen molar-refractivity contribution in [2.45, 2.75) is 6.42 Å². The van der Waals surface area contributed by atoms with Crippen molar-refractivity contribution in [1.82, 2.24) is 5.01 Å². The van der Waals surface area contributed by atoms with Crippen LogP contribution in [-0.4, -0.2) is 33.9 Å². The van der Waals surface area contributed by atoms with Gasteiger partial charge in [0.05, 0.1) is 23.0 Å². The number of nitrogens with zero attached hydrogens (tertiary/aromatic N) is 3. The number of rotatable bonds is 6. The van der Waals surface area contributed by atoms with E-state index in [1.165, 1.54) is 24.3 Å². The number of fused-ring (bicyclic) bond motifs is 5. The second kappa shape index (κ2) is 8.92. The van der Waals surface area contributed by atoms with Crippen molar-refractivity contribution < 1.29 is 24.0 Å². The highest BCUT2D eigenvalue weighted by atomic mass is 35.5. The number of benzene rings is 2. The number of halogens is 1. The zero-order valence-electron chi connectivity index (χ0n) is 18.1. The van der Waals surface area contributed by atoms with Gasteiger partial charge in [-0.1, -0.05) is 35.9 Å². The largest absolute Gasteiger partial charge is 0.423 e. The van der Waals surface area contributed by atoms with E-state index in [0.29, 0.717) is 5.02 Å². The Bertz CT molecular complexity index is 1300. The van der Waals surface area contributed by atoms with Gasteiger partial charge in [0.15, 0.2) is 0 Å². The predicted molar refractivity (Wildman–Crippen MR) is 126 cm³/mol. The van der Waals surface area contributed by atoms with E-state index in [1.54, 1.807) is 24.3 Å². The highest BCUT2D eigenvalue weighted by Gasteiger charge is 2.59. The monoisotopic (exact) mass is 491 g/mol. The van der Waals surface area contributed by atoms with Gasteiger partial charge in [-0.05, 0) is 48.1 Å². The van der Waals surface area contributed by atoms with Crippen LogP contribution in [-0.2, 0) is 14.4 Å². The maximum atomic E-state index is 12.8. The van der Waals surface area contributed by atoms with Crippen LogP contribution in [0.1, 0.15) is 17.5 Å². The van der Waals surface area contributed by atoms with Crippen LogP contribution in [0.3, 0.4) is 0 Å². The smallest absolute Gasteiger partial charge is 0.336 e. The van der Waals surface area contributed by atoms with Gasteiger partial charge in [-0.3, -0.25) is 19.7 Å². The minimum absolute atomic E-state index is 0.00821. The number of esters is 1. The fourth-order valence-electron chi connectivity index (χ4n) is 4.84. The molecule has 1 saturated heterocycles. The van der Waals surface area contributed by atoms with E-state index in [0.717, 1.165) is 29.3 Å². The second-order valence-electron chi connectivity index (χ2n) is 8.52. The minimum atomic E-state index is -0.728. The quantitative estimate of drug-likeness (QED) is 0.0880. The number of non-ortho nitro benzene ring substituents is 1. The summed E-state index contributed by atoms with van der Waals surface area (Å²) in [7, 11) is 0. The van der Waals surface area contributed by atoms with E-state index >= 15 is 0 Å². The third-order valence-corrected chi connectivity index (χ3v) is 6.71. The van der Waals surface area contributed by atoms with Crippen LogP contribution in [0.15, 0.2) is 65.8 Å². The summed E-state index contributed by atoms with van der Waals surface area (Å²) in [5.74, 6) is -2.29. The van der Waals surface area contributed by atoms with Gasteiger partial charge in [-0.15, -0.1) is 0 Å². The molecule has 9 nitrogen and oxygen atoms in total. The van der Waals surface area contributed by atoms with Crippen molar-refractivity contribution in [3.05, 3.63) is 87.0 Å². The molecule has 2 bridgehead atoms. The zero-order chi connectivity index (χ0) is 24.7. The summed E-state index contributed by atoms with van der Waals surface area (Å²) >= 11 is 5.85. The van der Waals surface area contributed by atoms with E-state index in [2.05, 4.69) is 5.10 Å². The molecule has 5 rings (SSSR count). The van der Waals surface area contributed by atoms with Crippen molar-refractivity contribution in [2.75, 3.05) is 0 Å². The number of nitro benzene ring substituents is 1. The molecular formula is C25H18ClN3O6. The maximum Gasteiger partial charge on any atom is 0.336 e. The van der Waals surface area contributed by atoms with Crippen LogP contribution in [0, 0.1) is 33.8 Å². The van der Waals surface area contributed by atoms with E-state index in [-0.39, 0.29) is 40.7 Å². The van der Waals surface area contributed by atoms with Gasteiger partial charge in [0.1, 0.15) is 5.75 Å². The molecule has 0 unspecified atom stereocenters. The third-order valence-electron chi connectivity index (χ3n) is 6.46. The number of amides is 2. The number of hydrogen-bond donors (Lipinski definition) is 0. The van der Waals surface area contributed by atoms with Gasteiger partial charge in [0.2, 0.25) is 0 Å².